The fraction of sp³-hybridized carbons (Fsp3) is 1.00. The molecule has 0 aliphatic carbocycles. The lowest BCUT2D eigenvalue weighted by molar-refractivity contribution is 0.0308. The summed E-state index contributed by atoms with van der Waals surface area (Å²) < 4.78 is 5.42. The second-order valence-electron chi connectivity index (χ2n) is 5.56. The van der Waals surface area contributed by atoms with Gasteiger partial charge in [-0.2, -0.15) is 0 Å². The molecule has 1 atom stereocenters. The van der Waals surface area contributed by atoms with Crippen LogP contribution >= 0.6 is 0 Å². The molecule has 1 heterocycles. The summed E-state index contributed by atoms with van der Waals surface area (Å²) in [5, 5.41) is 0. The minimum absolute atomic E-state index is 0.0184. The Kier molecular flexibility index (Phi) is 6.45. The molecule has 3 heteroatoms. The average Bonchev–Trinajstić information content (AvgIpc) is 2.34. The summed E-state index contributed by atoms with van der Waals surface area (Å²) >= 11 is 0. The Hall–Kier alpha value is -0.120. The second-order valence-corrected chi connectivity index (χ2v) is 5.56. The van der Waals surface area contributed by atoms with Crippen molar-refractivity contribution in [2.45, 2.75) is 64.5 Å². The second kappa shape index (κ2) is 7.34. The number of ether oxygens (including phenoxy) is 1. The van der Waals surface area contributed by atoms with Crippen molar-refractivity contribution in [1.82, 2.24) is 4.90 Å². The molecule has 17 heavy (non-hydrogen) atoms. The highest BCUT2D eigenvalue weighted by molar-refractivity contribution is 4.90. The first-order valence-corrected chi connectivity index (χ1v) is 7.22. The molecule has 0 spiro atoms. The van der Waals surface area contributed by atoms with Crippen LogP contribution in [0.25, 0.3) is 0 Å². The molecule has 1 rings (SSSR count). The molecular weight excluding hydrogens is 212 g/mol. The van der Waals surface area contributed by atoms with E-state index in [2.05, 4.69) is 25.7 Å². The molecule has 0 saturated carbocycles. The number of nitrogens with two attached hydrogens (primary N) is 1. The number of hydrogen-bond donors (Lipinski definition) is 1. The lowest BCUT2D eigenvalue weighted by atomic mass is 9.90. The molecule has 0 amide bonds. The van der Waals surface area contributed by atoms with Gasteiger partial charge in [-0.1, -0.05) is 20.3 Å². The zero-order chi connectivity index (χ0) is 12.7. The minimum atomic E-state index is -0.0184. The normalized spacial score (nSPS) is 21.7. The van der Waals surface area contributed by atoms with Crippen LogP contribution in [-0.4, -0.2) is 42.8 Å². The monoisotopic (exact) mass is 242 g/mol. The first-order chi connectivity index (χ1) is 8.11. The van der Waals surface area contributed by atoms with Crippen molar-refractivity contribution >= 4 is 0 Å². The van der Waals surface area contributed by atoms with Crippen LogP contribution in [0, 0.1) is 0 Å². The van der Waals surface area contributed by atoms with E-state index in [-0.39, 0.29) is 5.54 Å². The molecule has 3 nitrogen and oxygen atoms in total. The van der Waals surface area contributed by atoms with E-state index in [1.165, 1.54) is 25.8 Å². The third-order valence-electron chi connectivity index (χ3n) is 4.02. The molecule has 1 aliphatic heterocycles. The van der Waals surface area contributed by atoms with Gasteiger partial charge < -0.3 is 10.5 Å². The van der Waals surface area contributed by atoms with E-state index in [1.54, 1.807) is 0 Å². The fourth-order valence-electron chi connectivity index (χ4n) is 2.42. The Labute approximate surface area is 107 Å². The number of hydrogen-bond acceptors (Lipinski definition) is 3. The Bertz CT molecular complexity index is 202. The lowest BCUT2D eigenvalue weighted by Crippen LogP contribution is -2.55. The predicted octanol–water partition coefficient (Wildman–Crippen LogP) is 2.39. The average molecular weight is 242 g/mol. The maximum absolute atomic E-state index is 6.50. The zero-order valence-electron chi connectivity index (χ0n) is 11.9. The van der Waals surface area contributed by atoms with Gasteiger partial charge >= 0.3 is 0 Å². The van der Waals surface area contributed by atoms with Crippen LogP contribution in [-0.2, 0) is 4.74 Å². The molecule has 0 aromatic heterocycles. The van der Waals surface area contributed by atoms with Crippen LogP contribution in [0.3, 0.4) is 0 Å². The molecule has 1 fully saturated rings. The van der Waals surface area contributed by atoms with Crippen molar-refractivity contribution in [3.63, 3.8) is 0 Å². The predicted molar refractivity (Wildman–Crippen MR) is 73.2 cm³/mol. The van der Waals surface area contributed by atoms with Gasteiger partial charge in [0.15, 0.2) is 0 Å². The molecule has 1 unspecified atom stereocenters. The zero-order valence-corrected chi connectivity index (χ0v) is 11.9. The van der Waals surface area contributed by atoms with Gasteiger partial charge in [0.25, 0.3) is 0 Å². The Morgan fingerprint density at radius 3 is 2.47 bits per heavy atom. The summed E-state index contributed by atoms with van der Waals surface area (Å²) in [6.07, 6.45) is 5.75. The summed E-state index contributed by atoms with van der Waals surface area (Å²) in [7, 11) is 0. The van der Waals surface area contributed by atoms with Crippen molar-refractivity contribution in [2.75, 3.05) is 26.3 Å². The van der Waals surface area contributed by atoms with E-state index in [0.29, 0.717) is 6.04 Å². The van der Waals surface area contributed by atoms with Gasteiger partial charge in [0.2, 0.25) is 0 Å². The molecule has 0 bridgehead atoms. The van der Waals surface area contributed by atoms with Crippen molar-refractivity contribution in [3.05, 3.63) is 0 Å². The van der Waals surface area contributed by atoms with Crippen LogP contribution in [0.2, 0.25) is 0 Å². The molecule has 0 aromatic carbocycles. The quantitative estimate of drug-likeness (QED) is 0.745. The van der Waals surface area contributed by atoms with Gasteiger partial charge in [-0.3, -0.25) is 4.90 Å². The molecule has 1 aliphatic rings. The summed E-state index contributed by atoms with van der Waals surface area (Å²) in [5.74, 6) is 0. The van der Waals surface area contributed by atoms with Crippen molar-refractivity contribution < 1.29 is 4.74 Å². The van der Waals surface area contributed by atoms with E-state index in [9.17, 15) is 0 Å². The highest BCUT2D eigenvalue weighted by Gasteiger charge is 2.31. The molecular formula is C14H30N2O. The van der Waals surface area contributed by atoms with Gasteiger partial charge in [0.1, 0.15) is 0 Å². The number of unbranched alkanes of at least 4 members (excludes halogenated alkanes) is 1. The first-order valence-electron chi connectivity index (χ1n) is 7.22. The van der Waals surface area contributed by atoms with Crippen LogP contribution in [0.4, 0.5) is 0 Å². The number of rotatable bonds is 7. The smallest absolute Gasteiger partial charge is 0.0484 e. The molecule has 0 aromatic rings. The van der Waals surface area contributed by atoms with Crippen LogP contribution in [0.15, 0.2) is 0 Å². The minimum Gasteiger partial charge on any atom is -0.381 e. The topological polar surface area (TPSA) is 38.5 Å². The van der Waals surface area contributed by atoms with E-state index in [1.807, 2.05) is 0 Å². The SMILES string of the molecule is CCCCN(CC1(N)CCOCC1)C(C)CC. The maximum Gasteiger partial charge on any atom is 0.0484 e. The Balaban J connectivity index is 2.50. The fourth-order valence-corrected chi connectivity index (χ4v) is 2.42. The first kappa shape index (κ1) is 14.9. The third kappa shape index (κ3) is 4.94. The summed E-state index contributed by atoms with van der Waals surface area (Å²) in [6.45, 7) is 10.7. The van der Waals surface area contributed by atoms with E-state index in [4.69, 9.17) is 10.5 Å². The van der Waals surface area contributed by atoms with Gasteiger partial charge in [-0.25, -0.2) is 0 Å². The highest BCUT2D eigenvalue weighted by Crippen LogP contribution is 2.21. The van der Waals surface area contributed by atoms with Crippen molar-refractivity contribution in [2.24, 2.45) is 5.73 Å². The van der Waals surface area contributed by atoms with Crippen molar-refractivity contribution in [1.29, 1.82) is 0 Å². The van der Waals surface area contributed by atoms with E-state index < -0.39 is 0 Å². The number of nitrogens with zero attached hydrogens (tertiary/aromatic N) is 1. The van der Waals surface area contributed by atoms with Crippen molar-refractivity contribution in [3.8, 4) is 0 Å². The Morgan fingerprint density at radius 2 is 1.94 bits per heavy atom. The lowest BCUT2D eigenvalue weighted by Gasteiger charge is -2.40. The Morgan fingerprint density at radius 1 is 1.29 bits per heavy atom. The van der Waals surface area contributed by atoms with Gasteiger partial charge in [0.05, 0.1) is 0 Å². The maximum atomic E-state index is 6.50. The molecule has 102 valence electrons. The van der Waals surface area contributed by atoms with Gasteiger partial charge in [-0.15, -0.1) is 0 Å². The summed E-state index contributed by atoms with van der Waals surface area (Å²) in [5.41, 5.74) is 6.48. The molecule has 0 radical (unpaired) electrons. The van der Waals surface area contributed by atoms with Gasteiger partial charge in [0, 0.05) is 31.3 Å². The highest BCUT2D eigenvalue weighted by atomic mass is 16.5. The standard InChI is InChI=1S/C14H30N2O/c1-4-6-9-16(13(3)5-2)12-14(15)7-10-17-11-8-14/h13H,4-12,15H2,1-3H3. The molecule has 1 saturated heterocycles. The van der Waals surface area contributed by atoms with Crippen LogP contribution < -0.4 is 5.73 Å². The summed E-state index contributed by atoms with van der Waals surface area (Å²) in [6, 6.07) is 0.643. The van der Waals surface area contributed by atoms with Crippen LogP contribution in [0.5, 0.6) is 0 Å². The summed E-state index contributed by atoms with van der Waals surface area (Å²) in [4.78, 5) is 2.58. The molecule has 2 N–H and O–H groups in total. The van der Waals surface area contributed by atoms with E-state index >= 15 is 0 Å². The van der Waals surface area contributed by atoms with E-state index in [0.717, 1.165) is 32.6 Å². The third-order valence-corrected chi connectivity index (χ3v) is 4.02. The van der Waals surface area contributed by atoms with Gasteiger partial charge in [-0.05, 0) is 39.2 Å². The largest absolute Gasteiger partial charge is 0.381 e. The van der Waals surface area contributed by atoms with Crippen LogP contribution in [0.1, 0.15) is 52.9 Å².